The highest BCUT2D eigenvalue weighted by Gasteiger charge is 2.31. The minimum Gasteiger partial charge on any atom is -0.311 e. The Hall–Kier alpha value is 0.710. The molecule has 1 atom stereocenters. The van der Waals surface area contributed by atoms with E-state index in [-0.39, 0.29) is 5.54 Å². The van der Waals surface area contributed by atoms with Crippen molar-refractivity contribution in [3.63, 3.8) is 0 Å². The second-order valence-electron chi connectivity index (χ2n) is 3.82. The minimum absolute atomic E-state index is 0.0972. The summed E-state index contributed by atoms with van der Waals surface area (Å²) in [6, 6.07) is 4.31. The fourth-order valence-electron chi connectivity index (χ4n) is 1.56. The van der Waals surface area contributed by atoms with Gasteiger partial charge in [-0.1, -0.05) is 35.4 Å². The number of rotatable bonds is 6. The van der Waals surface area contributed by atoms with Gasteiger partial charge in [0.15, 0.2) is 0 Å². The van der Waals surface area contributed by atoms with E-state index in [9.17, 15) is 0 Å². The SMILES string of the molecule is CCNC(C)(C)C(SSS)c1cccs1. The number of likely N-dealkylation sites (N-methyl/N-ethyl adjacent to an activating group) is 1. The molecule has 0 saturated heterocycles. The van der Waals surface area contributed by atoms with Crippen molar-refractivity contribution in [2.24, 2.45) is 0 Å². The van der Waals surface area contributed by atoms with Gasteiger partial charge in [-0.05, 0) is 41.7 Å². The van der Waals surface area contributed by atoms with Gasteiger partial charge >= 0.3 is 0 Å². The molecule has 1 heterocycles. The maximum atomic E-state index is 4.25. The van der Waals surface area contributed by atoms with E-state index < -0.39 is 0 Å². The fraction of sp³-hybridized carbons (Fsp3) is 0.600. The van der Waals surface area contributed by atoms with Crippen LogP contribution in [-0.2, 0) is 0 Å². The molecule has 1 aromatic heterocycles. The van der Waals surface area contributed by atoms with Gasteiger partial charge in [0, 0.05) is 10.4 Å². The molecule has 0 spiro atoms. The van der Waals surface area contributed by atoms with Crippen molar-refractivity contribution in [1.29, 1.82) is 0 Å². The quantitative estimate of drug-likeness (QED) is 0.591. The van der Waals surface area contributed by atoms with Crippen molar-refractivity contribution in [2.45, 2.75) is 31.6 Å². The van der Waals surface area contributed by atoms with Crippen LogP contribution >= 0.6 is 43.6 Å². The zero-order valence-corrected chi connectivity index (χ0v) is 12.5. The molecule has 1 nitrogen and oxygen atoms in total. The van der Waals surface area contributed by atoms with Gasteiger partial charge in [0.25, 0.3) is 0 Å². The summed E-state index contributed by atoms with van der Waals surface area (Å²) < 4.78 is 0. The first-order chi connectivity index (χ1) is 7.11. The maximum absolute atomic E-state index is 4.25. The lowest BCUT2D eigenvalue weighted by Crippen LogP contribution is -2.43. The Labute approximate surface area is 109 Å². The third-order valence-corrected chi connectivity index (χ3v) is 6.05. The molecule has 15 heavy (non-hydrogen) atoms. The van der Waals surface area contributed by atoms with Gasteiger partial charge < -0.3 is 5.32 Å². The van der Waals surface area contributed by atoms with Gasteiger partial charge in [0.1, 0.15) is 0 Å². The smallest absolute Gasteiger partial charge is 0.0679 e. The van der Waals surface area contributed by atoms with Crippen molar-refractivity contribution in [2.75, 3.05) is 6.54 Å². The maximum Gasteiger partial charge on any atom is 0.0679 e. The normalized spacial score (nSPS) is 14.1. The second kappa shape index (κ2) is 6.45. The van der Waals surface area contributed by atoms with Gasteiger partial charge in [-0.15, -0.1) is 11.3 Å². The van der Waals surface area contributed by atoms with E-state index in [0.29, 0.717) is 5.25 Å². The monoisotopic (exact) mass is 279 g/mol. The summed E-state index contributed by atoms with van der Waals surface area (Å²) in [6.45, 7) is 7.63. The molecule has 1 N–H and O–H groups in total. The van der Waals surface area contributed by atoms with Crippen LogP contribution in [0.5, 0.6) is 0 Å². The first-order valence-electron chi connectivity index (χ1n) is 4.87. The number of thiol groups is 1. The summed E-state index contributed by atoms with van der Waals surface area (Å²) in [7, 11) is 3.35. The molecule has 0 aliphatic carbocycles. The Kier molecular flexibility index (Phi) is 5.92. The van der Waals surface area contributed by atoms with Crippen LogP contribution in [0.2, 0.25) is 0 Å². The van der Waals surface area contributed by atoms with Gasteiger partial charge in [0.2, 0.25) is 0 Å². The summed E-state index contributed by atoms with van der Waals surface area (Å²) >= 11 is 6.06. The summed E-state index contributed by atoms with van der Waals surface area (Å²) in [5.74, 6) is 0. The van der Waals surface area contributed by atoms with Gasteiger partial charge in [-0.2, -0.15) is 0 Å². The largest absolute Gasteiger partial charge is 0.311 e. The van der Waals surface area contributed by atoms with E-state index in [2.05, 4.69) is 55.3 Å². The second-order valence-corrected chi connectivity index (χ2v) is 7.98. The highest BCUT2D eigenvalue weighted by atomic mass is 33.5. The first kappa shape index (κ1) is 13.8. The predicted octanol–water partition coefficient (Wildman–Crippen LogP) is 4.40. The fourth-order valence-corrected chi connectivity index (χ4v) is 5.59. The van der Waals surface area contributed by atoms with Gasteiger partial charge in [0.05, 0.1) is 5.25 Å². The molecule has 0 fully saturated rings. The lowest BCUT2D eigenvalue weighted by atomic mass is 9.99. The highest BCUT2D eigenvalue weighted by Crippen LogP contribution is 2.47. The summed E-state index contributed by atoms with van der Waals surface area (Å²) in [5.41, 5.74) is 0.0972. The number of hydrogen-bond acceptors (Lipinski definition) is 5. The van der Waals surface area contributed by atoms with E-state index in [1.807, 2.05) is 22.1 Å². The predicted molar refractivity (Wildman–Crippen MR) is 79.0 cm³/mol. The van der Waals surface area contributed by atoms with Crippen LogP contribution in [0.15, 0.2) is 17.5 Å². The van der Waals surface area contributed by atoms with E-state index in [4.69, 9.17) is 0 Å². The zero-order chi connectivity index (χ0) is 11.3. The van der Waals surface area contributed by atoms with Crippen LogP contribution in [0.25, 0.3) is 0 Å². The van der Waals surface area contributed by atoms with Crippen molar-refractivity contribution >= 4 is 43.6 Å². The highest BCUT2D eigenvalue weighted by molar-refractivity contribution is 9.05. The minimum atomic E-state index is 0.0972. The lowest BCUT2D eigenvalue weighted by molar-refractivity contribution is 0.393. The topological polar surface area (TPSA) is 12.0 Å². The van der Waals surface area contributed by atoms with E-state index in [0.717, 1.165) is 6.54 Å². The average molecular weight is 280 g/mol. The Balaban J connectivity index is 2.82. The van der Waals surface area contributed by atoms with Crippen LogP contribution < -0.4 is 5.32 Å². The molecule has 1 aromatic rings. The number of thiophene rings is 1. The summed E-state index contributed by atoms with van der Waals surface area (Å²) in [4.78, 5) is 1.41. The number of nitrogens with one attached hydrogen (secondary N) is 1. The molecule has 0 amide bonds. The molecule has 0 bridgehead atoms. The third-order valence-electron chi connectivity index (χ3n) is 2.23. The molecular formula is C10H17NS4. The summed E-state index contributed by atoms with van der Waals surface area (Å²) in [5, 5.41) is 6.11. The van der Waals surface area contributed by atoms with Gasteiger partial charge in [-0.3, -0.25) is 0 Å². The van der Waals surface area contributed by atoms with Crippen molar-refractivity contribution < 1.29 is 0 Å². The Morgan fingerprint density at radius 3 is 2.80 bits per heavy atom. The molecule has 1 unspecified atom stereocenters. The zero-order valence-electron chi connectivity index (χ0n) is 9.19. The van der Waals surface area contributed by atoms with Crippen LogP contribution in [-0.4, -0.2) is 12.1 Å². The molecule has 5 heteroatoms. The van der Waals surface area contributed by atoms with E-state index >= 15 is 0 Å². The molecule has 0 saturated carbocycles. The Morgan fingerprint density at radius 2 is 2.33 bits per heavy atom. The van der Waals surface area contributed by atoms with E-state index in [1.54, 1.807) is 0 Å². The van der Waals surface area contributed by atoms with Crippen molar-refractivity contribution in [3.8, 4) is 0 Å². The molecule has 86 valence electrons. The molecule has 1 rings (SSSR count). The van der Waals surface area contributed by atoms with Crippen LogP contribution in [0.3, 0.4) is 0 Å². The van der Waals surface area contributed by atoms with Crippen LogP contribution in [0.4, 0.5) is 0 Å². The first-order valence-corrected chi connectivity index (χ1v) is 9.01. The lowest BCUT2D eigenvalue weighted by Gasteiger charge is -2.33. The van der Waals surface area contributed by atoms with Crippen molar-refractivity contribution in [1.82, 2.24) is 5.32 Å². The molecule has 0 aromatic carbocycles. The molecule has 0 radical (unpaired) electrons. The number of hydrogen-bond donors (Lipinski definition) is 2. The van der Waals surface area contributed by atoms with E-state index in [1.165, 1.54) is 14.7 Å². The van der Waals surface area contributed by atoms with Crippen LogP contribution in [0, 0.1) is 0 Å². The third kappa shape index (κ3) is 3.89. The standard InChI is InChI=1S/C10H17NS4/c1-4-11-10(2,3)9(14-15-12)8-6-5-7-13-8/h5-7,9,11-12H,4H2,1-3H3. The Morgan fingerprint density at radius 1 is 1.60 bits per heavy atom. The van der Waals surface area contributed by atoms with Crippen LogP contribution in [0.1, 0.15) is 30.9 Å². The average Bonchev–Trinajstić information content (AvgIpc) is 2.66. The molecule has 0 aliphatic heterocycles. The van der Waals surface area contributed by atoms with Gasteiger partial charge in [-0.25, -0.2) is 0 Å². The Bertz CT molecular complexity index is 271. The molecule has 0 aliphatic rings. The van der Waals surface area contributed by atoms with Crippen molar-refractivity contribution in [3.05, 3.63) is 22.4 Å². The summed E-state index contributed by atoms with van der Waals surface area (Å²) in [6.07, 6.45) is 0. The molecular weight excluding hydrogens is 262 g/mol.